The van der Waals surface area contributed by atoms with Crippen LogP contribution in [0.25, 0.3) is 22.2 Å². The molecule has 0 spiro atoms. The molecular formula is C19H19FN+. The predicted molar refractivity (Wildman–Crippen MR) is 84.7 cm³/mol. The van der Waals surface area contributed by atoms with Gasteiger partial charge in [0.05, 0.1) is 5.39 Å². The topological polar surface area (TPSA) is 3.88 Å². The van der Waals surface area contributed by atoms with Crippen LogP contribution < -0.4 is 4.57 Å². The molecule has 0 aliphatic rings. The maximum Gasteiger partial charge on any atom is 0.215 e. The lowest BCUT2D eigenvalue weighted by atomic mass is 10.0. The highest BCUT2D eigenvalue weighted by atomic mass is 19.1. The predicted octanol–water partition coefficient (Wildman–Crippen LogP) is 4.40. The third kappa shape index (κ3) is 2.31. The standard InChI is InChI=1S/C19H19FN/c1-12-5-7-14(3)15(9-12)19-11-17(20)16-10-13(2)6-8-18(16)21(19)4/h5-11H,1-4H3/q+1. The van der Waals surface area contributed by atoms with Gasteiger partial charge in [-0.25, -0.2) is 4.39 Å². The van der Waals surface area contributed by atoms with Gasteiger partial charge in [-0.15, -0.1) is 0 Å². The first-order chi connectivity index (χ1) is 9.97. The molecule has 0 unspecified atom stereocenters. The molecule has 106 valence electrons. The van der Waals surface area contributed by atoms with Crippen molar-refractivity contribution in [2.75, 3.05) is 0 Å². The van der Waals surface area contributed by atoms with Gasteiger partial charge in [0.25, 0.3) is 0 Å². The summed E-state index contributed by atoms with van der Waals surface area (Å²) in [7, 11) is 1.99. The molecule has 0 radical (unpaired) electrons. The largest absolute Gasteiger partial charge is 0.215 e. The molecule has 0 amide bonds. The number of aromatic nitrogens is 1. The quantitative estimate of drug-likeness (QED) is 0.582. The van der Waals surface area contributed by atoms with Gasteiger partial charge in [0.2, 0.25) is 11.2 Å². The average molecular weight is 280 g/mol. The molecule has 1 heterocycles. The summed E-state index contributed by atoms with van der Waals surface area (Å²) in [6, 6.07) is 13.8. The van der Waals surface area contributed by atoms with Gasteiger partial charge in [-0.05, 0) is 44.0 Å². The Balaban J connectivity index is 2.36. The zero-order valence-electron chi connectivity index (χ0n) is 12.9. The summed E-state index contributed by atoms with van der Waals surface area (Å²) in [6.45, 7) is 6.10. The Morgan fingerprint density at radius 2 is 1.52 bits per heavy atom. The van der Waals surface area contributed by atoms with E-state index in [9.17, 15) is 4.39 Å². The summed E-state index contributed by atoms with van der Waals surface area (Å²) >= 11 is 0. The minimum atomic E-state index is -0.164. The number of fused-ring (bicyclic) bond motifs is 1. The lowest BCUT2D eigenvalue weighted by Gasteiger charge is -2.08. The van der Waals surface area contributed by atoms with Crippen molar-refractivity contribution in [3.05, 3.63) is 65.0 Å². The van der Waals surface area contributed by atoms with Crippen LogP contribution >= 0.6 is 0 Å². The second-order valence-corrected chi connectivity index (χ2v) is 5.78. The molecule has 3 aromatic rings. The first-order valence-corrected chi connectivity index (χ1v) is 7.14. The molecule has 1 aromatic heterocycles. The van der Waals surface area contributed by atoms with Crippen molar-refractivity contribution < 1.29 is 8.96 Å². The van der Waals surface area contributed by atoms with Crippen molar-refractivity contribution in [3.63, 3.8) is 0 Å². The van der Waals surface area contributed by atoms with Crippen LogP contribution in [0.5, 0.6) is 0 Å². The molecule has 0 aliphatic heterocycles. The number of benzene rings is 2. The fourth-order valence-electron chi connectivity index (χ4n) is 2.83. The molecular weight excluding hydrogens is 261 g/mol. The third-order valence-corrected chi connectivity index (χ3v) is 4.06. The van der Waals surface area contributed by atoms with E-state index in [1.807, 2.05) is 32.2 Å². The fourth-order valence-corrected chi connectivity index (χ4v) is 2.83. The van der Waals surface area contributed by atoms with E-state index < -0.39 is 0 Å². The van der Waals surface area contributed by atoms with Gasteiger partial charge >= 0.3 is 0 Å². The Bertz CT molecular complexity index is 850. The molecule has 0 N–H and O–H groups in total. The van der Waals surface area contributed by atoms with Crippen molar-refractivity contribution in [2.45, 2.75) is 20.8 Å². The monoisotopic (exact) mass is 280 g/mol. The van der Waals surface area contributed by atoms with Crippen LogP contribution in [-0.2, 0) is 7.05 Å². The number of hydrogen-bond acceptors (Lipinski definition) is 0. The number of rotatable bonds is 1. The number of halogens is 1. The van der Waals surface area contributed by atoms with Gasteiger partial charge in [-0.3, -0.25) is 0 Å². The van der Waals surface area contributed by atoms with E-state index in [4.69, 9.17) is 0 Å². The Labute approximate surface area is 124 Å². The summed E-state index contributed by atoms with van der Waals surface area (Å²) in [6.07, 6.45) is 0. The first kappa shape index (κ1) is 13.7. The van der Waals surface area contributed by atoms with E-state index in [0.29, 0.717) is 5.39 Å². The van der Waals surface area contributed by atoms with Crippen molar-refractivity contribution >= 4 is 10.9 Å². The zero-order valence-corrected chi connectivity index (χ0v) is 12.9. The van der Waals surface area contributed by atoms with Crippen molar-refractivity contribution in [2.24, 2.45) is 7.05 Å². The van der Waals surface area contributed by atoms with Crippen molar-refractivity contribution in [1.29, 1.82) is 0 Å². The smallest absolute Gasteiger partial charge is 0.206 e. The van der Waals surface area contributed by atoms with Crippen LogP contribution in [0.4, 0.5) is 4.39 Å². The van der Waals surface area contributed by atoms with Crippen LogP contribution in [0.15, 0.2) is 42.5 Å². The van der Waals surface area contributed by atoms with Crippen LogP contribution in [0.3, 0.4) is 0 Å². The highest BCUT2D eigenvalue weighted by Crippen LogP contribution is 2.26. The van der Waals surface area contributed by atoms with E-state index in [-0.39, 0.29) is 5.82 Å². The fraction of sp³-hybridized carbons (Fsp3) is 0.211. The van der Waals surface area contributed by atoms with Gasteiger partial charge in [0.1, 0.15) is 12.9 Å². The van der Waals surface area contributed by atoms with Gasteiger partial charge in [-0.2, -0.15) is 4.57 Å². The SMILES string of the molecule is Cc1ccc(C)c(-c2cc(F)c3cc(C)ccc3[n+]2C)c1. The molecule has 0 bridgehead atoms. The van der Waals surface area contributed by atoms with E-state index in [1.54, 1.807) is 6.07 Å². The Morgan fingerprint density at radius 3 is 2.29 bits per heavy atom. The minimum Gasteiger partial charge on any atom is -0.206 e. The number of nitrogens with zero attached hydrogens (tertiary/aromatic N) is 1. The maximum atomic E-state index is 14.5. The van der Waals surface area contributed by atoms with Gasteiger partial charge < -0.3 is 0 Å². The molecule has 2 aromatic carbocycles. The van der Waals surface area contributed by atoms with Crippen molar-refractivity contribution in [1.82, 2.24) is 0 Å². The Morgan fingerprint density at radius 1 is 0.857 bits per heavy atom. The number of pyridine rings is 1. The second-order valence-electron chi connectivity index (χ2n) is 5.78. The Hall–Kier alpha value is -2.22. The van der Waals surface area contributed by atoms with Crippen LogP contribution in [-0.4, -0.2) is 0 Å². The van der Waals surface area contributed by atoms with E-state index in [1.165, 1.54) is 5.56 Å². The number of aryl methyl sites for hydroxylation is 4. The lowest BCUT2D eigenvalue weighted by molar-refractivity contribution is -0.633. The molecule has 2 heteroatoms. The summed E-state index contributed by atoms with van der Waals surface area (Å²) in [4.78, 5) is 0. The minimum absolute atomic E-state index is 0.164. The average Bonchev–Trinajstić information content (AvgIpc) is 2.45. The third-order valence-electron chi connectivity index (χ3n) is 4.06. The highest BCUT2D eigenvalue weighted by Gasteiger charge is 2.19. The molecule has 3 rings (SSSR count). The molecule has 0 aliphatic carbocycles. The summed E-state index contributed by atoms with van der Waals surface area (Å²) in [5.74, 6) is -0.164. The van der Waals surface area contributed by atoms with E-state index in [2.05, 4.69) is 36.6 Å². The molecule has 21 heavy (non-hydrogen) atoms. The van der Waals surface area contributed by atoms with Gasteiger partial charge in [-0.1, -0.05) is 23.8 Å². The molecule has 0 saturated heterocycles. The Kier molecular flexibility index (Phi) is 3.25. The summed E-state index contributed by atoms with van der Waals surface area (Å²) in [5.41, 5.74) is 6.31. The van der Waals surface area contributed by atoms with Crippen LogP contribution in [0, 0.1) is 26.6 Å². The summed E-state index contributed by atoms with van der Waals surface area (Å²) in [5, 5.41) is 0.673. The molecule has 0 fully saturated rings. The zero-order chi connectivity index (χ0) is 15.1. The van der Waals surface area contributed by atoms with Crippen molar-refractivity contribution in [3.8, 4) is 11.3 Å². The molecule has 0 atom stereocenters. The normalized spacial score (nSPS) is 11.1. The number of hydrogen-bond donors (Lipinski definition) is 0. The first-order valence-electron chi connectivity index (χ1n) is 7.14. The van der Waals surface area contributed by atoms with Crippen LogP contribution in [0.2, 0.25) is 0 Å². The highest BCUT2D eigenvalue weighted by molar-refractivity contribution is 5.79. The second kappa shape index (κ2) is 4.96. The molecule has 1 nitrogen and oxygen atoms in total. The van der Waals surface area contributed by atoms with E-state index in [0.717, 1.165) is 27.9 Å². The lowest BCUT2D eigenvalue weighted by Crippen LogP contribution is -2.32. The van der Waals surface area contributed by atoms with Crippen LogP contribution in [0.1, 0.15) is 16.7 Å². The molecule has 0 saturated carbocycles. The van der Waals surface area contributed by atoms with E-state index >= 15 is 0 Å². The van der Waals surface area contributed by atoms with Gasteiger partial charge in [0, 0.05) is 17.7 Å². The maximum absolute atomic E-state index is 14.5. The summed E-state index contributed by atoms with van der Waals surface area (Å²) < 4.78 is 16.6. The van der Waals surface area contributed by atoms with Gasteiger partial charge in [0.15, 0.2) is 0 Å².